The van der Waals surface area contributed by atoms with Gasteiger partial charge in [-0.3, -0.25) is 4.79 Å². The minimum absolute atomic E-state index is 0.0535. The Hall–Kier alpha value is -2.10. The SMILES string of the molecule is Cc1ccc(-c2cnc(C3CC3C(=O)O)[nH]2)cc1C. The molecule has 0 bridgehead atoms. The molecule has 2 aromatic rings. The molecule has 2 N–H and O–H groups in total. The number of aromatic amines is 1. The van der Waals surface area contributed by atoms with E-state index in [0.717, 1.165) is 17.1 Å². The molecule has 1 heterocycles. The van der Waals surface area contributed by atoms with Crippen molar-refractivity contribution in [2.75, 3.05) is 0 Å². The molecule has 1 fully saturated rings. The number of hydrogen-bond donors (Lipinski definition) is 2. The van der Waals surface area contributed by atoms with Gasteiger partial charge in [0, 0.05) is 5.92 Å². The van der Waals surface area contributed by atoms with Crippen LogP contribution in [0.5, 0.6) is 0 Å². The highest BCUT2D eigenvalue weighted by atomic mass is 16.4. The molecule has 2 atom stereocenters. The smallest absolute Gasteiger partial charge is 0.307 e. The fourth-order valence-electron chi connectivity index (χ4n) is 2.35. The molecule has 4 nitrogen and oxygen atoms in total. The number of benzene rings is 1. The van der Waals surface area contributed by atoms with Crippen molar-refractivity contribution < 1.29 is 9.90 Å². The first-order valence-electron chi connectivity index (χ1n) is 6.41. The summed E-state index contributed by atoms with van der Waals surface area (Å²) in [5, 5.41) is 8.93. The molecule has 4 heteroatoms. The van der Waals surface area contributed by atoms with Gasteiger partial charge in [0.1, 0.15) is 5.82 Å². The van der Waals surface area contributed by atoms with Crippen LogP contribution in [-0.4, -0.2) is 21.0 Å². The van der Waals surface area contributed by atoms with E-state index in [0.29, 0.717) is 6.42 Å². The lowest BCUT2D eigenvalue weighted by atomic mass is 10.1. The summed E-state index contributed by atoms with van der Waals surface area (Å²) in [5.41, 5.74) is 4.55. The standard InChI is InChI=1S/C15H16N2O2/c1-8-3-4-10(5-9(8)2)13-7-16-14(17-13)11-6-12(11)15(18)19/h3-5,7,11-12H,6H2,1-2H3,(H,16,17)(H,18,19). The number of aliphatic carboxylic acids is 1. The second-order valence-electron chi connectivity index (χ2n) is 5.27. The molecular formula is C15H16N2O2. The Bertz CT molecular complexity index is 645. The van der Waals surface area contributed by atoms with Crippen molar-refractivity contribution in [3.8, 4) is 11.3 Å². The summed E-state index contributed by atoms with van der Waals surface area (Å²) < 4.78 is 0. The van der Waals surface area contributed by atoms with Gasteiger partial charge < -0.3 is 10.1 Å². The molecule has 0 spiro atoms. The zero-order valence-corrected chi connectivity index (χ0v) is 11.0. The van der Waals surface area contributed by atoms with E-state index in [1.807, 2.05) is 0 Å². The lowest BCUT2D eigenvalue weighted by Gasteiger charge is -2.02. The zero-order chi connectivity index (χ0) is 13.6. The van der Waals surface area contributed by atoms with Crippen molar-refractivity contribution in [1.82, 2.24) is 9.97 Å². The Morgan fingerprint density at radius 2 is 2.16 bits per heavy atom. The van der Waals surface area contributed by atoms with E-state index in [4.69, 9.17) is 5.11 Å². The minimum Gasteiger partial charge on any atom is -0.481 e. The lowest BCUT2D eigenvalue weighted by Crippen LogP contribution is -1.99. The number of nitrogens with one attached hydrogen (secondary N) is 1. The topological polar surface area (TPSA) is 66.0 Å². The van der Waals surface area contributed by atoms with E-state index in [1.165, 1.54) is 11.1 Å². The normalized spacial score (nSPS) is 21.4. The molecule has 1 aromatic carbocycles. The average Bonchev–Trinajstić information content (AvgIpc) is 3.04. The predicted octanol–water partition coefficient (Wildman–Crippen LogP) is 2.88. The minimum atomic E-state index is -0.728. The van der Waals surface area contributed by atoms with Gasteiger partial charge >= 0.3 is 5.97 Å². The van der Waals surface area contributed by atoms with Crippen LogP contribution < -0.4 is 0 Å². The zero-order valence-electron chi connectivity index (χ0n) is 11.0. The number of carboxylic acids is 1. The predicted molar refractivity (Wildman–Crippen MR) is 72.0 cm³/mol. The highest BCUT2D eigenvalue weighted by Gasteiger charge is 2.46. The Labute approximate surface area is 111 Å². The Morgan fingerprint density at radius 1 is 1.37 bits per heavy atom. The Balaban J connectivity index is 1.85. The van der Waals surface area contributed by atoms with Crippen LogP contribution in [0, 0.1) is 19.8 Å². The van der Waals surface area contributed by atoms with Gasteiger partial charge in [-0.2, -0.15) is 0 Å². The van der Waals surface area contributed by atoms with E-state index in [1.54, 1.807) is 6.20 Å². The molecule has 1 aliphatic carbocycles. The maximum absolute atomic E-state index is 10.9. The summed E-state index contributed by atoms with van der Waals surface area (Å²) in [6.45, 7) is 4.16. The number of hydrogen-bond acceptors (Lipinski definition) is 2. The number of rotatable bonds is 3. The van der Waals surface area contributed by atoms with Crippen molar-refractivity contribution in [2.45, 2.75) is 26.2 Å². The van der Waals surface area contributed by atoms with Crippen molar-refractivity contribution >= 4 is 5.97 Å². The summed E-state index contributed by atoms with van der Waals surface area (Å²) in [6, 6.07) is 6.26. The van der Waals surface area contributed by atoms with E-state index in [2.05, 4.69) is 42.0 Å². The quantitative estimate of drug-likeness (QED) is 0.887. The Kier molecular flexibility index (Phi) is 2.66. The molecule has 3 rings (SSSR count). The summed E-state index contributed by atoms with van der Waals surface area (Å²) in [4.78, 5) is 18.4. The molecule has 0 amide bonds. The summed E-state index contributed by atoms with van der Waals surface area (Å²) in [6.07, 6.45) is 2.48. The second kappa shape index (κ2) is 4.23. The fourth-order valence-corrected chi connectivity index (χ4v) is 2.35. The van der Waals surface area contributed by atoms with E-state index in [-0.39, 0.29) is 11.8 Å². The van der Waals surface area contributed by atoms with Crippen molar-refractivity contribution in [3.05, 3.63) is 41.3 Å². The molecule has 0 radical (unpaired) electrons. The summed E-state index contributed by atoms with van der Waals surface area (Å²) in [7, 11) is 0. The average molecular weight is 256 g/mol. The van der Waals surface area contributed by atoms with Crippen LogP contribution in [0.1, 0.15) is 29.3 Å². The van der Waals surface area contributed by atoms with Gasteiger partial charge in [-0.05, 0) is 43.0 Å². The van der Waals surface area contributed by atoms with Crippen LogP contribution in [0.25, 0.3) is 11.3 Å². The summed E-state index contributed by atoms with van der Waals surface area (Å²) >= 11 is 0. The number of aryl methyl sites for hydroxylation is 2. The van der Waals surface area contributed by atoms with Gasteiger partial charge in [0.15, 0.2) is 0 Å². The first kappa shape index (κ1) is 12.0. The van der Waals surface area contributed by atoms with Crippen LogP contribution in [0.4, 0.5) is 0 Å². The molecule has 0 saturated heterocycles. The van der Waals surface area contributed by atoms with Crippen LogP contribution in [0.3, 0.4) is 0 Å². The molecule has 0 aliphatic heterocycles. The van der Waals surface area contributed by atoms with Crippen LogP contribution >= 0.6 is 0 Å². The lowest BCUT2D eigenvalue weighted by molar-refractivity contribution is -0.138. The highest BCUT2D eigenvalue weighted by Crippen LogP contribution is 2.46. The number of aromatic nitrogens is 2. The third-order valence-electron chi connectivity index (χ3n) is 3.87. The molecule has 1 aromatic heterocycles. The van der Waals surface area contributed by atoms with Gasteiger partial charge in [0.05, 0.1) is 17.8 Å². The number of carboxylic acid groups (broad SMARTS) is 1. The van der Waals surface area contributed by atoms with Gasteiger partial charge in [0.25, 0.3) is 0 Å². The van der Waals surface area contributed by atoms with Crippen molar-refractivity contribution in [3.63, 3.8) is 0 Å². The first-order valence-corrected chi connectivity index (χ1v) is 6.41. The highest BCUT2D eigenvalue weighted by molar-refractivity contribution is 5.75. The van der Waals surface area contributed by atoms with Crippen molar-refractivity contribution in [1.29, 1.82) is 0 Å². The van der Waals surface area contributed by atoms with Crippen LogP contribution in [0.2, 0.25) is 0 Å². The molecular weight excluding hydrogens is 240 g/mol. The second-order valence-corrected chi connectivity index (χ2v) is 5.27. The van der Waals surface area contributed by atoms with Gasteiger partial charge in [-0.15, -0.1) is 0 Å². The molecule has 19 heavy (non-hydrogen) atoms. The summed E-state index contributed by atoms with van der Waals surface area (Å²) in [5.74, 6) is -0.147. The van der Waals surface area contributed by atoms with E-state index >= 15 is 0 Å². The maximum Gasteiger partial charge on any atom is 0.307 e. The first-order chi connectivity index (χ1) is 9.06. The van der Waals surface area contributed by atoms with Crippen LogP contribution in [-0.2, 0) is 4.79 Å². The number of H-pyrrole nitrogens is 1. The molecule has 98 valence electrons. The van der Waals surface area contributed by atoms with E-state index in [9.17, 15) is 4.79 Å². The monoisotopic (exact) mass is 256 g/mol. The van der Waals surface area contributed by atoms with E-state index < -0.39 is 5.97 Å². The maximum atomic E-state index is 10.9. The number of imidazole rings is 1. The third kappa shape index (κ3) is 2.14. The van der Waals surface area contributed by atoms with Gasteiger partial charge in [-0.25, -0.2) is 4.98 Å². The largest absolute Gasteiger partial charge is 0.481 e. The molecule has 1 aliphatic rings. The molecule has 1 saturated carbocycles. The Morgan fingerprint density at radius 3 is 2.79 bits per heavy atom. The van der Waals surface area contributed by atoms with Crippen LogP contribution in [0.15, 0.2) is 24.4 Å². The fraction of sp³-hybridized carbons (Fsp3) is 0.333. The van der Waals surface area contributed by atoms with Gasteiger partial charge in [-0.1, -0.05) is 12.1 Å². The third-order valence-corrected chi connectivity index (χ3v) is 3.87. The number of carbonyl (C=O) groups is 1. The molecule has 2 unspecified atom stereocenters. The number of nitrogens with zero attached hydrogens (tertiary/aromatic N) is 1. The van der Waals surface area contributed by atoms with Gasteiger partial charge in [0.2, 0.25) is 0 Å². The van der Waals surface area contributed by atoms with Crippen molar-refractivity contribution in [2.24, 2.45) is 5.92 Å².